The van der Waals surface area contributed by atoms with Gasteiger partial charge in [-0.15, -0.1) is 0 Å². The minimum Gasteiger partial charge on any atom is -0.356 e. The highest BCUT2D eigenvalue weighted by Crippen LogP contribution is 2.42. The number of carbonyl (C=O) groups excluding carboxylic acids is 5. The number of fused-ring (bicyclic) bond motifs is 1. The minimum atomic E-state index is -2.45. The van der Waals surface area contributed by atoms with E-state index in [9.17, 15) is 32.8 Å². The molecule has 0 bridgehead atoms. The van der Waals surface area contributed by atoms with Gasteiger partial charge in [-0.05, 0) is 43.4 Å². The van der Waals surface area contributed by atoms with Crippen molar-refractivity contribution in [3.63, 3.8) is 0 Å². The summed E-state index contributed by atoms with van der Waals surface area (Å²) >= 11 is 10.7. The Hall–Kier alpha value is -2.21. The first kappa shape index (κ1) is 30.3. The van der Waals surface area contributed by atoms with Crippen LogP contribution in [-0.2, 0) is 24.0 Å². The van der Waals surface area contributed by atoms with Gasteiger partial charge in [-0.2, -0.15) is 0 Å². The van der Waals surface area contributed by atoms with E-state index in [1.807, 2.05) is 0 Å². The van der Waals surface area contributed by atoms with Crippen LogP contribution in [-0.4, -0.2) is 82.4 Å². The van der Waals surface area contributed by atoms with Crippen LogP contribution in [0.5, 0.6) is 0 Å². The molecule has 14 heteroatoms. The molecule has 2 heterocycles. The maximum Gasteiger partial charge on any atom is 0.291 e. The molecule has 0 aromatic carbocycles. The van der Waals surface area contributed by atoms with Crippen LogP contribution in [0.1, 0.15) is 52.4 Å². The number of likely N-dealkylation sites (tertiary alicyclic amines) is 1. The third-order valence-corrected chi connectivity index (χ3v) is 8.30. The van der Waals surface area contributed by atoms with Crippen LogP contribution in [0, 0.1) is 23.7 Å². The Bertz CT molecular complexity index is 927. The van der Waals surface area contributed by atoms with Crippen molar-refractivity contribution in [1.29, 1.82) is 0 Å². The van der Waals surface area contributed by atoms with Crippen molar-refractivity contribution < 1.29 is 32.8 Å². The molecule has 3 aliphatic rings. The molecule has 3 N–H and O–H groups in total. The van der Waals surface area contributed by atoms with E-state index in [4.69, 9.17) is 23.2 Å². The first-order valence-electron chi connectivity index (χ1n) is 13.0. The lowest BCUT2D eigenvalue weighted by Gasteiger charge is -2.35. The Labute approximate surface area is 230 Å². The SMILES string of the molecule is CC[C@H](C)[C@H](NC(=O)C(F)Cl)C(=O)N1C[C@@H]2CCC[C@@H]2[C@H]1C(=O)NN(C[C@H]1CCCNC1=O)C(=O)[C@@H](F)Cl. The van der Waals surface area contributed by atoms with Gasteiger partial charge in [0.25, 0.3) is 29.0 Å². The van der Waals surface area contributed by atoms with Gasteiger partial charge in [-0.1, -0.05) is 49.9 Å². The molecule has 2 saturated heterocycles. The Morgan fingerprint density at radius 2 is 1.84 bits per heavy atom. The predicted octanol–water partition coefficient (Wildman–Crippen LogP) is 1.60. The van der Waals surface area contributed by atoms with E-state index in [0.717, 1.165) is 17.9 Å². The standard InChI is InChI=1S/C24H35Cl2F2N5O5/c1-3-12(2)16(30-22(36)18(25)27)23(37)32-10-13-6-4-8-15(13)17(32)21(35)31-33(24(38)19(26)28)11-14-7-5-9-29-20(14)34/h12-19H,3-11H2,1-2H3,(H,29,34)(H,30,36)(H,31,35)/t12-,13-,14+,15-,16-,17-,18?,19+/m0/s1. The summed E-state index contributed by atoms with van der Waals surface area (Å²) in [6, 6.07) is -2.14. The summed E-state index contributed by atoms with van der Waals surface area (Å²) < 4.78 is 27.3. The van der Waals surface area contributed by atoms with E-state index < -0.39 is 58.8 Å². The van der Waals surface area contributed by atoms with Crippen molar-refractivity contribution >= 4 is 52.7 Å². The fourth-order valence-electron chi connectivity index (χ4n) is 5.68. The van der Waals surface area contributed by atoms with E-state index >= 15 is 0 Å². The second-order valence-electron chi connectivity index (χ2n) is 10.3. The molecule has 2 aliphatic heterocycles. The zero-order chi connectivity index (χ0) is 28.1. The first-order chi connectivity index (χ1) is 18.0. The van der Waals surface area contributed by atoms with Crippen LogP contribution in [0.4, 0.5) is 8.78 Å². The van der Waals surface area contributed by atoms with Crippen LogP contribution in [0.15, 0.2) is 0 Å². The van der Waals surface area contributed by atoms with Gasteiger partial charge in [0, 0.05) is 13.1 Å². The van der Waals surface area contributed by atoms with E-state index in [0.29, 0.717) is 32.2 Å². The zero-order valence-corrected chi connectivity index (χ0v) is 22.9. The summed E-state index contributed by atoms with van der Waals surface area (Å²) in [7, 11) is 0. The van der Waals surface area contributed by atoms with Crippen molar-refractivity contribution in [3.05, 3.63) is 0 Å². The lowest BCUT2D eigenvalue weighted by Crippen LogP contribution is -2.60. The number of rotatable bonds is 9. The molecule has 0 spiro atoms. The quantitative estimate of drug-likeness (QED) is 0.281. The number of hydrogen-bond donors (Lipinski definition) is 3. The molecular weight excluding hydrogens is 547 g/mol. The molecular formula is C24H35Cl2F2N5O5. The molecule has 0 aromatic rings. The summed E-state index contributed by atoms with van der Waals surface area (Å²) in [6.45, 7) is 3.97. The average Bonchev–Trinajstić information content (AvgIpc) is 3.48. The van der Waals surface area contributed by atoms with Gasteiger partial charge in [0.05, 0.1) is 12.5 Å². The van der Waals surface area contributed by atoms with Gasteiger partial charge in [0.2, 0.25) is 11.8 Å². The van der Waals surface area contributed by atoms with Crippen molar-refractivity contribution in [2.75, 3.05) is 19.6 Å². The predicted molar refractivity (Wildman–Crippen MR) is 135 cm³/mol. The number of alkyl halides is 4. The third kappa shape index (κ3) is 6.86. The topological polar surface area (TPSA) is 128 Å². The van der Waals surface area contributed by atoms with Crippen molar-refractivity contribution in [2.45, 2.75) is 75.7 Å². The normalized spacial score (nSPS) is 27.9. The number of hydrazine groups is 1. The molecule has 1 unspecified atom stereocenters. The average molecular weight is 582 g/mol. The Kier molecular flexibility index (Phi) is 10.6. The third-order valence-electron chi connectivity index (χ3n) is 7.92. The Morgan fingerprint density at radius 3 is 2.45 bits per heavy atom. The van der Waals surface area contributed by atoms with E-state index in [1.54, 1.807) is 13.8 Å². The molecule has 1 saturated carbocycles. The summed E-state index contributed by atoms with van der Waals surface area (Å²) in [5.41, 5.74) is -2.36. The van der Waals surface area contributed by atoms with Gasteiger partial charge in [0.1, 0.15) is 12.1 Å². The van der Waals surface area contributed by atoms with Crippen LogP contribution in [0.2, 0.25) is 0 Å². The zero-order valence-electron chi connectivity index (χ0n) is 21.4. The van der Waals surface area contributed by atoms with Crippen molar-refractivity contribution in [1.82, 2.24) is 26.0 Å². The fraction of sp³-hybridized carbons (Fsp3) is 0.792. The van der Waals surface area contributed by atoms with E-state index in [1.165, 1.54) is 4.90 Å². The number of piperidine rings is 1. The number of halogens is 4. The summed E-state index contributed by atoms with van der Waals surface area (Å²) in [6.07, 6.45) is 3.86. The maximum atomic E-state index is 13.8. The molecule has 0 radical (unpaired) electrons. The summed E-state index contributed by atoms with van der Waals surface area (Å²) in [4.78, 5) is 65.5. The van der Waals surface area contributed by atoms with Gasteiger partial charge < -0.3 is 15.5 Å². The molecule has 3 fully saturated rings. The molecule has 214 valence electrons. The lowest BCUT2D eigenvalue weighted by molar-refractivity contribution is -0.150. The van der Waals surface area contributed by atoms with Crippen LogP contribution < -0.4 is 16.1 Å². The molecule has 10 nitrogen and oxygen atoms in total. The molecule has 0 aromatic heterocycles. The first-order valence-corrected chi connectivity index (χ1v) is 13.9. The number of nitrogens with one attached hydrogen (secondary N) is 3. The van der Waals surface area contributed by atoms with Crippen LogP contribution >= 0.6 is 23.2 Å². The Balaban J connectivity index is 1.85. The minimum absolute atomic E-state index is 0.0140. The van der Waals surface area contributed by atoms with Crippen molar-refractivity contribution in [3.8, 4) is 0 Å². The molecule has 1 aliphatic carbocycles. The van der Waals surface area contributed by atoms with Gasteiger partial charge in [-0.25, -0.2) is 13.8 Å². The highest BCUT2D eigenvalue weighted by Gasteiger charge is 2.51. The second-order valence-corrected chi connectivity index (χ2v) is 11.1. The van der Waals surface area contributed by atoms with Gasteiger partial charge in [-0.3, -0.25) is 29.4 Å². The molecule has 3 rings (SSSR count). The number of amides is 5. The van der Waals surface area contributed by atoms with Gasteiger partial charge >= 0.3 is 0 Å². The smallest absolute Gasteiger partial charge is 0.291 e. The highest BCUT2D eigenvalue weighted by molar-refractivity contribution is 6.30. The summed E-state index contributed by atoms with van der Waals surface area (Å²) in [5, 5.41) is 5.75. The maximum absolute atomic E-state index is 13.8. The molecule has 8 atom stereocenters. The largest absolute Gasteiger partial charge is 0.356 e. The summed E-state index contributed by atoms with van der Waals surface area (Å²) in [5.74, 6) is -5.24. The van der Waals surface area contributed by atoms with Crippen LogP contribution in [0.3, 0.4) is 0 Å². The number of carbonyl (C=O) groups is 5. The molecule has 5 amide bonds. The van der Waals surface area contributed by atoms with Crippen LogP contribution in [0.25, 0.3) is 0 Å². The van der Waals surface area contributed by atoms with E-state index in [2.05, 4.69) is 16.1 Å². The lowest BCUT2D eigenvalue weighted by atomic mass is 9.93. The molecule has 38 heavy (non-hydrogen) atoms. The van der Waals surface area contributed by atoms with Crippen molar-refractivity contribution in [2.24, 2.45) is 23.7 Å². The fourth-order valence-corrected chi connectivity index (χ4v) is 5.86. The number of nitrogens with zero attached hydrogens (tertiary/aromatic N) is 2. The monoisotopic (exact) mass is 581 g/mol. The van der Waals surface area contributed by atoms with E-state index in [-0.39, 0.29) is 30.8 Å². The Morgan fingerprint density at radius 1 is 1.13 bits per heavy atom. The number of hydrogen-bond acceptors (Lipinski definition) is 5. The second kappa shape index (κ2) is 13.2. The highest BCUT2D eigenvalue weighted by atomic mass is 35.5. The van der Waals surface area contributed by atoms with Gasteiger partial charge in [0.15, 0.2) is 0 Å².